The first-order chi connectivity index (χ1) is 32.5. The van der Waals surface area contributed by atoms with Gasteiger partial charge in [-0.2, -0.15) is 0 Å². The second-order valence-corrected chi connectivity index (χ2v) is 19.2. The van der Waals surface area contributed by atoms with Crippen LogP contribution >= 0.6 is 0 Å². The zero-order valence-electron chi connectivity index (χ0n) is 44.0. The molecule has 0 aromatic carbocycles. The smallest absolute Gasteiger partial charge is 0.306 e. The third-order valence-corrected chi connectivity index (χ3v) is 12.5. The largest absolute Gasteiger partial charge is 0.462 e. The average Bonchev–Trinajstić information content (AvgIpc) is 3.31. The molecule has 1 atom stereocenters. The fourth-order valence-corrected chi connectivity index (χ4v) is 8.15. The fraction of sp³-hybridized carbons (Fsp3) is 0.817. The van der Waals surface area contributed by atoms with Gasteiger partial charge in [-0.1, -0.05) is 230 Å². The van der Waals surface area contributed by atoms with Gasteiger partial charge in [0, 0.05) is 19.3 Å². The minimum absolute atomic E-state index is 0.0803. The summed E-state index contributed by atoms with van der Waals surface area (Å²) in [4.78, 5) is 38.1. The molecule has 6 heteroatoms. The van der Waals surface area contributed by atoms with Gasteiger partial charge in [0.1, 0.15) is 13.2 Å². The topological polar surface area (TPSA) is 78.9 Å². The van der Waals surface area contributed by atoms with Gasteiger partial charge < -0.3 is 14.2 Å². The molecule has 0 aromatic rings. The summed E-state index contributed by atoms with van der Waals surface area (Å²) in [5.41, 5.74) is 0. The number of unbranched alkanes of at least 4 members (excludes halogenated alkanes) is 33. The van der Waals surface area contributed by atoms with Gasteiger partial charge in [-0.25, -0.2) is 0 Å². The van der Waals surface area contributed by atoms with Crippen molar-refractivity contribution in [2.75, 3.05) is 13.2 Å². The zero-order valence-corrected chi connectivity index (χ0v) is 44.0. The van der Waals surface area contributed by atoms with Crippen LogP contribution in [-0.2, 0) is 28.6 Å². The molecule has 0 radical (unpaired) electrons. The lowest BCUT2D eigenvalue weighted by atomic mass is 10.1. The van der Waals surface area contributed by atoms with E-state index in [4.69, 9.17) is 14.2 Å². The number of carbonyl (C=O) groups is 3. The molecule has 0 saturated heterocycles. The summed E-state index contributed by atoms with van der Waals surface area (Å²) in [6.07, 6.45) is 66.6. The van der Waals surface area contributed by atoms with Crippen molar-refractivity contribution >= 4 is 17.9 Å². The van der Waals surface area contributed by atoms with E-state index in [9.17, 15) is 14.4 Å². The lowest BCUT2D eigenvalue weighted by Gasteiger charge is -2.18. The molecule has 0 unspecified atom stereocenters. The maximum absolute atomic E-state index is 12.8. The number of hydrogen-bond acceptors (Lipinski definition) is 6. The van der Waals surface area contributed by atoms with Crippen molar-refractivity contribution in [3.8, 4) is 0 Å². The van der Waals surface area contributed by atoms with Gasteiger partial charge in [-0.3, -0.25) is 14.4 Å². The predicted molar refractivity (Wildman–Crippen MR) is 284 cm³/mol. The van der Waals surface area contributed by atoms with E-state index in [1.54, 1.807) is 0 Å². The highest BCUT2D eigenvalue weighted by Gasteiger charge is 2.19. The minimum Gasteiger partial charge on any atom is -0.462 e. The average molecular weight is 926 g/mol. The Morgan fingerprint density at radius 2 is 0.561 bits per heavy atom. The molecule has 6 nitrogen and oxygen atoms in total. The van der Waals surface area contributed by atoms with E-state index in [1.165, 1.54) is 180 Å². The van der Waals surface area contributed by atoms with Crippen molar-refractivity contribution in [3.63, 3.8) is 0 Å². The molecule has 66 heavy (non-hydrogen) atoms. The molecule has 0 rings (SSSR count). The third-order valence-electron chi connectivity index (χ3n) is 12.5. The van der Waals surface area contributed by atoms with Crippen molar-refractivity contribution < 1.29 is 28.6 Å². The molecule has 0 aliphatic carbocycles. The van der Waals surface area contributed by atoms with Gasteiger partial charge in [0.15, 0.2) is 6.10 Å². The second-order valence-electron chi connectivity index (χ2n) is 19.2. The normalized spacial score (nSPS) is 12.3. The Kier molecular flexibility index (Phi) is 52.8. The van der Waals surface area contributed by atoms with Gasteiger partial charge in [-0.15, -0.1) is 0 Å². The minimum atomic E-state index is -0.782. The number of esters is 3. The Hall–Kier alpha value is -2.63. The van der Waals surface area contributed by atoms with Crippen LogP contribution in [0.25, 0.3) is 0 Å². The third kappa shape index (κ3) is 52.3. The summed E-state index contributed by atoms with van der Waals surface area (Å²) >= 11 is 0. The fourth-order valence-electron chi connectivity index (χ4n) is 8.15. The highest BCUT2D eigenvalue weighted by Crippen LogP contribution is 2.15. The first-order valence-corrected chi connectivity index (χ1v) is 28.6. The maximum Gasteiger partial charge on any atom is 0.306 e. The number of allylic oxidation sites excluding steroid dienone is 8. The highest BCUT2D eigenvalue weighted by molar-refractivity contribution is 5.71. The van der Waals surface area contributed by atoms with E-state index in [0.29, 0.717) is 19.3 Å². The van der Waals surface area contributed by atoms with Crippen LogP contribution in [0, 0.1) is 0 Å². The van der Waals surface area contributed by atoms with Crippen LogP contribution in [0.15, 0.2) is 48.6 Å². The SMILES string of the molecule is CCCC/C=C\C/C=C\CCCCCCCC(=O)OC[C@H](COC(=O)CCCCCCCCC/C=C\CCCCCCCC)OC(=O)CCCCCCCCC/C=C\CCCCCCCC. The van der Waals surface area contributed by atoms with Gasteiger partial charge in [-0.05, 0) is 96.3 Å². The Morgan fingerprint density at radius 1 is 0.303 bits per heavy atom. The Balaban J connectivity index is 4.38. The summed E-state index contributed by atoms with van der Waals surface area (Å²) in [5.74, 6) is -0.891. The van der Waals surface area contributed by atoms with Crippen molar-refractivity contribution in [1.82, 2.24) is 0 Å². The Morgan fingerprint density at radius 3 is 0.894 bits per heavy atom. The van der Waals surface area contributed by atoms with Crippen LogP contribution in [0.5, 0.6) is 0 Å². The standard InChI is InChI=1S/C60H108O6/c1-4-7-10-13-16-19-22-25-28-30-32-35-38-41-44-47-50-53-59(62)65-56-57(55-64-58(61)52-49-46-43-40-37-34-27-24-21-18-15-12-9-6-3)66-60(63)54-51-48-45-42-39-36-33-31-29-26-23-20-17-14-11-8-5-2/h15,18,24-29,57H,4-14,16-17,19-23,30-56H2,1-3H3/b18-15-,27-24-,28-25-,29-26-/t57-/m1/s1. The molecule has 0 heterocycles. The second kappa shape index (κ2) is 55.0. The van der Waals surface area contributed by atoms with E-state index in [2.05, 4.69) is 69.4 Å². The quantitative estimate of drug-likeness (QED) is 0.0262. The summed E-state index contributed by atoms with van der Waals surface area (Å²) in [6.45, 7) is 6.60. The molecule has 384 valence electrons. The van der Waals surface area contributed by atoms with Gasteiger partial charge in [0.25, 0.3) is 0 Å². The molecular weight excluding hydrogens is 817 g/mol. The molecule has 0 saturated carbocycles. The summed E-state index contributed by atoms with van der Waals surface area (Å²) in [7, 11) is 0. The Bertz CT molecular complexity index is 1150. The van der Waals surface area contributed by atoms with Gasteiger partial charge >= 0.3 is 17.9 Å². The van der Waals surface area contributed by atoms with Crippen LogP contribution < -0.4 is 0 Å². The van der Waals surface area contributed by atoms with E-state index in [-0.39, 0.29) is 31.1 Å². The molecule has 0 amide bonds. The molecule has 0 spiro atoms. The van der Waals surface area contributed by atoms with Crippen LogP contribution in [0.2, 0.25) is 0 Å². The van der Waals surface area contributed by atoms with Crippen LogP contribution in [0.4, 0.5) is 0 Å². The van der Waals surface area contributed by atoms with Gasteiger partial charge in [0.05, 0.1) is 0 Å². The maximum atomic E-state index is 12.8. The first kappa shape index (κ1) is 63.4. The summed E-state index contributed by atoms with van der Waals surface area (Å²) in [5, 5.41) is 0. The first-order valence-electron chi connectivity index (χ1n) is 28.6. The van der Waals surface area contributed by atoms with E-state index in [1.807, 2.05) is 0 Å². The van der Waals surface area contributed by atoms with E-state index < -0.39 is 6.10 Å². The van der Waals surface area contributed by atoms with Gasteiger partial charge in [0.2, 0.25) is 0 Å². The zero-order chi connectivity index (χ0) is 47.9. The summed E-state index contributed by atoms with van der Waals surface area (Å²) in [6, 6.07) is 0. The Labute approximate surface area is 409 Å². The van der Waals surface area contributed by atoms with Crippen molar-refractivity contribution in [2.24, 2.45) is 0 Å². The molecule has 0 aromatic heterocycles. The molecule has 0 aliphatic heterocycles. The van der Waals surface area contributed by atoms with E-state index >= 15 is 0 Å². The van der Waals surface area contributed by atoms with Crippen LogP contribution in [-0.4, -0.2) is 37.2 Å². The van der Waals surface area contributed by atoms with E-state index in [0.717, 1.165) is 77.0 Å². The van der Waals surface area contributed by atoms with Crippen molar-refractivity contribution in [2.45, 2.75) is 303 Å². The highest BCUT2D eigenvalue weighted by atomic mass is 16.6. The van der Waals surface area contributed by atoms with Crippen molar-refractivity contribution in [3.05, 3.63) is 48.6 Å². The van der Waals surface area contributed by atoms with Crippen LogP contribution in [0.1, 0.15) is 297 Å². The monoisotopic (exact) mass is 925 g/mol. The molecule has 0 fully saturated rings. The predicted octanol–water partition coefficient (Wildman–Crippen LogP) is 19.0. The molecule has 0 bridgehead atoms. The lowest BCUT2D eigenvalue weighted by molar-refractivity contribution is -0.167. The number of rotatable bonds is 52. The molecule has 0 N–H and O–H groups in total. The number of carbonyl (C=O) groups excluding carboxylic acids is 3. The number of ether oxygens (including phenoxy) is 3. The molecular formula is C60H108O6. The lowest BCUT2D eigenvalue weighted by Crippen LogP contribution is -2.30. The van der Waals surface area contributed by atoms with Crippen molar-refractivity contribution in [1.29, 1.82) is 0 Å². The van der Waals surface area contributed by atoms with Crippen LogP contribution in [0.3, 0.4) is 0 Å². The summed E-state index contributed by atoms with van der Waals surface area (Å²) < 4.78 is 16.9. The number of hydrogen-bond donors (Lipinski definition) is 0. The molecule has 0 aliphatic rings.